The van der Waals surface area contributed by atoms with Crippen molar-refractivity contribution in [3.8, 4) is 0 Å². The third-order valence-corrected chi connectivity index (χ3v) is 23.3. The molecule has 0 unspecified atom stereocenters. The summed E-state index contributed by atoms with van der Waals surface area (Å²) in [6, 6.07) is 0. The Kier molecular flexibility index (Phi) is 52.1. The van der Waals surface area contributed by atoms with Gasteiger partial charge in [-0.1, -0.05) is 214 Å². The Bertz CT molecular complexity index is 2940. The summed E-state index contributed by atoms with van der Waals surface area (Å²) in [6.07, 6.45) is 52.4. The number of rotatable bonds is 18. The Hall–Kier alpha value is -6.09. The highest BCUT2D eigenvalue weighted by molar-refractivity contribution is 5.96. The van der Waals surface area contributed by atoms with Gasteiger partial charge < -0.3 is 19.2 Å². The quantitative estimate of drug-likeness (QED) is 0.0741. The average molecular weight is 1460 g/mol. The van der Waals surface area contributed by atoms with Crippen molar-refractivity contribution < 1.29 is 43.2 Å². The van der Waals surface area contributed by atoms with E-state index in [4.69, 9.17) is 0 Å². The van der Waals surface area contributed by atoms with Crippen LogP contribution in [0.4, 0.5) is 0 Å². The molecule has 0 heterocycles. The molecule has 16 atom stereocenters. The zero-order valence-electron chi connectivity index (χ0n) is 72.2. The van der Waals surface area contributed by atoms with Gasteiger partial charge in [0.2, 0.25) is 0 Å². The molecule has 0 aromatic heterocycles. The summed E-state index contributed by atoms with van der Waals surface area (Å²) in [5, 5.41) is 0. The van der Waals surface area contributed by atoms with Crippen LogP contribution in [-0.4, -0.2) is 54.1 Å². The van der Waals surface area contributed by atoms with Crippen molar-refractivity contribution in [1.82, 2.24) is 0 Å². The molecule has 0 amide bonds. The first-order valence-electron chi connectivity index (χ1n) is 41.4. The maximum absolute atomic E-state index is 11.5. The van der Waals surface area contributed by atoms with Gasteiger partial charge in [-0.3, -0.25) is 24.0 Å². The molecular weight excluding hydrogens is 1310 g/mol. The van der Waals surface area contributed by atoms with Gasteiger partial charge in [-0.15, -0.1) is 0 Å². The maximum Gasteiger partial charge on any atom is 0.157 e. The van der Waals surface area contributed by atoms with E-state index in [1.54, 1.807) is 0 Å². The Balaban J connectivity index is 0.00000118. The number of carbonyl (C=O) groups is 9. The third kappa shape index (κ3) is 40.9. The Labute approximate surface area is 649 Å². The van der Waals surface area contributed by atoms with Crippen molar-refractivity contribution >= 4 is 54.1 Å². The van der Waals surface area contributed by atoms with Gasteiger partial charge in [0.05, 0.1) is 0 Å². The van der Waals surface area contributed by atoms with Crippen LogP contribution >= 0.6 is 0 Å². The van der Waals surface area contributed by atoms with Gasteiger partial charge in [0.25, 0.3) is 0 Å². The van der Waals surface area contributed by atoms with Crippen LogP contribution < -0.4 is 0 Å². The monoisotopic (exact) mass is 1460 g/mol. The van der Waals surface area contributed by atoms with Crippen LogP contribution in [-0.2, 0) is 43.2 Å². The lowest BCUT2D eigenvalue weighted by Gasteiger charge is -2.25. The second-order valence-electron chi connectivity index (χ2n) is 33.3. The standard InChI is InChI=1S/4C14H22O.4C9H14O.C5H10O/c2*1-5-14(15)12(4)9-13-7-6-10(2)8-11(13)3;2*1-5-14(15)12(4)9-13-8-10(2)6-7-11(13)3;2*1-7-3-4-9(6-10)8(2)5-7;2*1-7-3-4-8(2)9(5-7)6-10;1-3-5(6)4-2/h4*6,9,11,13H,5,7-8H2,1-4H3;4*3,6,8-9H,4-5H2,1-2H3;3-4H2,1-2H3/b4*12-9+;;;;;/t11-,13+;11-,13-;11-,13+;11-,13-;8-,9+;8-,9-;8-,9+;8-,9-;/m10011001./s1. The van der Waals surface area contributed by atoms with Crippen molar-refractivity contribution in [3.63, 3.8) is 0 Å². The molecule has 8 aliphatic rings. The fourth-order valence-electron chi connectivity index (χ4n) is 14.8. The zero-order chi connectivity index (χ0) is 80.9. The largest absolute Gasteiger partial charge is 0.303 e. The molecule has 8 rings (SSSR count). The van der Waals surface area contributed by atoms with Gasteiger partial charge in [0.1, 0.15) is 30.9 Å². The number of hydrogen-bond acceptors (Lipinski definition) is 9. The van der Waals surface area contributed by atoms with Crippen LogP contribution in [0.1, 0.15) is 321 Å². The molecule has 0 aromatic carbocycles. The van der Waals surface area contributed by atoms with Crippen LogP contribution in [0.25, 0.3) is 0 Å². The van der Waals surface area contributed by atoms with Crippen LogP contribution in [0.3, 0.4) is 0 Å². The van der Waals surface area contributed by atoms with Gasteiger partial charge in [-0.2, -0.15) is 0 Å². The molecule has 0 radical (unpaired) electrons. The molecule has 0 bridgehead atoms. The Morgan fingerprint density at radius 3 is 0.613 bits per heavy atom. The summed E-state index contributed by atoms with van der Waals surface area (Å²) in [7, 11) is 0. The highest BCUT2D eigenvalue weighted by Crippen LogP contribution is 2.36. The van der Waals surface area contributed by atoms with E-state index in [0.29, 0.717) is 115 Å². The molecule has 9 heteroatoms. The van der Waals surface area contributed by atoms with E-state index in [0.717, 1.165) is 137 Å². The van der Waals surface area contributed by atoms with Gasteiger partial charge >= 0.3 is 0 Å². The normalized spacial score (nSPS) is 28.5. The first-order valence-corrected chi connectivity index (χ1v) is 41.4. The lowest BCUT2D eigenvalue weighted by atomic mass is 9.80. The molecule has 0 saturated carbocycles. The van der Waals surface area contributed by atoms with Gasteiger partial charge in [0.15, 0.2) is 23.1 Å². The summed E-state index contributed by atoms with van der Waals surface area (Å²) in [5.74, 6) is 9.78. The maximum atomic E-state index is 11.5. The van der Waals surface area contributed by atoms with Crippen molar-refractivity contribution in [1.29, 1.82) is 0 Å². The minimum atomic E-state index is 0.281. The second kappa shape index (κ2) is 55.3. The first-order chi connectivity index (χ1) is 49.9. The first kappa shape index (κ1) is 99.9. The zero-order valence-corrected chi connectivity index (χ0v) is 72.2. The lowest BCUT2D eigenvalue weighted by molar-refractivity contribution is -0.118. The molecule has 9 nitrogen and oxygen atoms in total. The number of hydrogen-bond donors (Lipinski definition) is 0. The molecule has 596 valence electrons. The van der Waals surface area contributed by atoms with E-state index in [1.165, 1.54) is 57.4 Å². The number of allylic oxidation sites excluding steroid dienone is 24. The van der Waals surface area contributed by atoms with E-state index in [1.807, 2.05) is 69.2 Å². The molecule has 106 heavy (non-hydrogen) atoms. The predicted octanol–water partition coefficient (Wildman–Crippen LogP) is 25.7. The molecular formula is C97H154O9. The molecule has 0 spiro atoms. The fourth-order valence-corrected chi connectivity index (χ4v) is 14.8. The predicted molar refractivity (Wildman–Crippen MR) is 451 cm³/mol. The Morgan fingerprint density at radius 2 is 0.434 bits per heavy atom. The van der Waals surface area contributed by atoms with Crippen LogP contribution in [0.5, 0.6) is 0 Å². The van der Waals surface area contributed by atoms with Gasteiger partial charge in [0, 0.05) is 62.2 Å². The van der Waals surface area contributed by atoms with E-state index in [-0.39, 0.29) is 46.8 Å². The van der Waals surface area contributed by atoms with E-state index >= 15 is 0 Å². The van der Waals surface area contributed by atoms with Crippen molar-refractivity contribution in [2.75, 3.05) is 0 Å². The fraction of sp³-hybridized carbons (Fsp3) is 0.660. The van der Waals surface area contributed by atoms with Gasteiger partial charge in [-0.25, -0.2) is 0 Å². The smallest absolute Gasteiger partial charge is 0.157 e. The van der Waals surface area contributed by atoms with E-state index < -0.39 is 0 Å². The summed E-state index contributed by atoms with van der Waals surface area (Å²) < 4.78 is 0. The minimum Gasteiger partial charge on any atom is -0.303 e. The highest BCUT2D eigenvalue weighted by Gasteiger charge is 2.26. The summed E-state index contributed by atoms with van der Waals surface area (Å²) in [5.41, 5.74) is 15.3. The lowest BCUT2D eigenvalue weighted by Crippen LogP contribution is -2.16. The number of Topliss-reactive ketones (excluding diaryl/α,β-unsaturated/α-hetero) is 5. The Morgan fingerprint density at radius 1 is 0.255 bits per heavy atom. The molecule has 0 aromatic rings. The molecule has 8 aliphatic carbocycles. The average Bonchev–Trinajstić information content (AvgIpc) is 0.941. The summed E-state index contributed by atoms with van der Waals surface area (Å²) >= 11 is 0. The van der Waals surface area contributed by atoms with Gasteiger partial charge in [-0.05, 0) is 279 Å². The number of ketones is 5. The third-order valence-electron chi connectivity index (χ3n) is 23.3. The number of aldehydes is 4. The second-order valence-corrected chi connectivity index (χ2v) is 33.3. The topological polar surface area (TPSA) is 154 Å². The van der Waals surface area contributed by atoms with E-state index in [9.17, 15) is 43.2 Å². The van der Waals surface area contributed by atoms with Crippen molar-refractivity contribution in [2.45, 2.75) is 321 Å². The molecule has 0 fully saturated rings. The van der Waals surface area contributed by atoms with Crippen LogP contribution in [0.2, 0.25) is 0 Å². The highest BCUT2D eigenvalue weighted by atomic mass is 16.1. The number of carbonyl (C=O) groups excluding carboxylic acids is 9. The molecule has 0 saturated heterocycles. The minimum absolute atomic E-state index is 0.281. The van der Waals surface area contributed by atoms with E-state index in [2.05, 4.69) is 184 Å². The van der Waals surface area contributed by atoms with Crippen molar-refractivity contribution in [3.05, 3.63) is 140 Å². The molecule has 0 N–H and O–H groups in total. The molecule has 0 aliphatic heterocycles. The summed E-state index contributed by atoms with van der Waals surface area (Å²) in [4.78, 5) is 98.0. The van der Waals surface area contributed by atoms with Crippen LogP contribution in [0.15, 0.2) is 140 Å². The summed E-state index contributed by atoms with van der Waals surface area (Å²) in [6.45, 7) is 54.2. The SMILES string of the molecule is CC1=CC[C@@H](C)[C@@H](C=O)C1.CC1=CC[C@@H](C=O)[C@@H](C)C1.CC1=CC[C@@H](C=O)[C@H](C)C1.CC1=CC[C@H](C)[C@@H](C=O)C1.CCC(=O)/C(C)=C/[C@@H]1CC=C(C)C[C@@H]1C.CCC(=O)/C(C)=C/[C@@H]1CC=C(C)C[C@H]1C.CCC(=O)/C(C)=C/[C@H]1CC(C)=CC[C@@H]1C.CCC(=O)/C(C)=C/[C@H]1CC(C)=CC[C@H]1C.CCC(=O)CC. The van der Waals surface area contributed by atoms with Crippen LogP contribution in [0, 0.1) is 94.7 Å². The van der Waals surface area contributed by atoms with Crippen molar-refractivity contribution in [2.24, 2.45) is 94.7 Å².